The molecule has 0 aromatic heterocycles. The summed E-state index contributed by atoms with van der Waals surface area (Å²) < 4.78 is 0. The van der Waals surface area contributed by atoms with Gasteiger partial charge in [0, 0.05) is 24.4 Å². The van der Waals surface area contributed by atoms with Gasteiger partial charge in [-0.1, -0.05) is 17.7 Å². The van der Waals surface area contributed by atoms with Gasteiger partial charge in [-0.2, -0.15) is 0 Å². The topological polar surface area (TPSA) is 87.4 Å². The molecule has 1 unspecified atom stereocenters. The smallest absolute Gasteiger partial charge is 0.269 e. The maximum Gasteiger partial charge on any atom is 0.269 e. The van der Waals surface area contributed by atoms with Crippen LogP contribution in [0.1, 0.15) is 17.2 Å². The summed E-state index contributed by atoms with van der Waals surface area (Å²) in [4.78, 5) is 10.1. The Morgan fingerprint density at radius 3 is 2.39 bits per heavy atom. The summed E-state index contributed by atoms with van der Waals surface area (Å²) in [5.74, 6) is 0. The van der Waals surface area contributed by atoms with Crippen LogP contribution < -0.4 is 10.6 Å². The standard InChI is InChI=1S/C16H17N3O3S/c1-11-2-6-13(7-3-11)18-16(23)17-10-15(20)12-4-8-14(9-5-12)19(21)22/h2-9,15,20H,10H2,1H3,(H2,17,18,23). The van der Waals surface area contributed by atoms with Crippen molar-refractivity contribution in [1.82, 2.24) is 5.32 Å². The van der Waals surface area contributed by atoms with Crippen molar-refractivity contribution in [3.05, 3.63) is 69.8 Å². The molecule has 0 aliphatic heterocycles. The van der Waals surface area contributed by atoms with Gasteiger partial charge in [-0.3, -0.25) is 10.1 Å². The molecule has 3 N–H and O–H groups in total. The highest BCUT2D eigenvalue weighted by molar-refractivity contribution is 7.80. The first-order valence-electron chi connectivity index (χ1n) is 6.99. The molecule has 0 heterocycles. The predicted octanol–water partition coefficient (Wildman–Crippen LogP) is 2.92. The van der Waals surface area contributed by atoms with Gasteiger partial charge >= 0.3 is 0 Å². The normalized spacial score (nSPS) is 11.6. The molecule has 0 saturated carbocycles. The number of anilines is 1. The molecule has 2 rings (SSSR count). The van der Waals surface area contributed by atoms with Crippen LogP contribution in [0, 0.1) is 17.0 Å². The highest BCUT2D eigenvalue weighted by Gasteiger charge is 2.11. The third kappa shape index (κ3) is 5.01. The lowest BCUT2D eigenvalue weighted by atomic mass is 10.1. The van der Waals surface area contributed by atoms with Gasteiger partial charge < -0.3 is 15.7 Å². The van der Waals surface area contributed by atoms with Crippen LogP contribution in [0.4, 0.5) is 11.4 Å². The van der Waals surface area contributed by atoms with Crippen LogP contribution in [-0.4, -0.2) is 21.7 Å². The van der Waals surface area contributed by atoms with E-state index in [1.807, 2.05) is 31.2 Å². The number of rotatable bonds is 5. The van der Waals surface area contributed by atoms with Crippen molar-refractivity contribution in [2.24, 2.45) is 0 Å². The number of nitrogens with zero attached hydrogens (tertiary/aromatic N) is 1. The Labute approximate surface area is 139 Å². The molecule has 1 atom stereocenters. The summed E-state index contributed by atoms with van der Waals surface area (Å²) in [7, 11) is 0. The van der Waals surface area contributed by atoms with E-state index in [0.29, 0.717) is 10.7 Å². The van der Waals surface area contributed by atoms with Crippen LogP contribution in [0.15, 0.2) is 48.5 Å². The highest BCUT2D eigenvalue weighted by atomic mass is 32.1. The van der Waals surface area contributed by atoms with E-state index in [2.05, 4.69) is 10.6 Å². The lowest BCUT2D eigenvalue weighted by molar-refractivity contribution is -0.384. The largest absolute Gasteiger partial charge is 0.387 e. The quantitative estimate of drug-likeness (QED) is 0.444. The van der Waals surface area contributed by atoms with Gasteiger partial charge in [0.15, 0.2) is 5.11 Å². The molecule has 0 radical (unpaired) electrons. The number of hydrogen-bond acceptors (Lipinski definition) is 4. The van der Waals surface area contributed by atoms with Crippen molar-refractivity contribution in [1.29, 1.82) is 0 Å². The van der Waals surface area contributed by atoms with Crippen molar-refractivity contribution >= 4 is 28.7 Å². The number of nitro benzene ring substituents is 1. The zero-order chi connectivity index (χ0) is 16.8. The molecule has 6 nitrogen and oxygen atoms in total. The van der Waals surface area contributed by atoms with Crippen LogP contribution in [0.2, 0.25) is 0 Å². The molecule has 0 aliphatic rings. The first-order valence-corrected chi connectivity index (χ1v) is 7.40. The zero-order valence-corrected chi connectivity index (χ0v) is 13.3. The Morgan fingerprint density at radius 1 is 1.22 bits per heavy atom. The van der Waals surface area contributed by atoms with Crippen molar-refractivity contribution in [3.63, 3.8) is 0 Å². The van der Waals surface area contributed by atoms with Crippen LogP contribution in [0.25, 0.3) is 0 Å². The van der Waals surface area contributed by atoms with Gasteiger partial charge in [-0.15, -0.1) is 0 Å². The molecule has 0 amide bonds. The minimum atomic E-state index is -0.812. The fourth-order valence-corrected chi connectivity index (χ4v) is 2.14. The van der Waals surface area contributed by atoms with E-state index < -0.39 is 11.0 Å². The highest BCUT2D eigenvalue weighted by Crippen LogP contribution is 2.17. The van der Waals surface area contributed by atoms with E-state index in [-0.39, 0.29) is 12.2 Å². The fraction of sp³-hybridized carbons (Fsp3) is 0.188. The number of hydrogen-bond donors (Lipinski definition) is 3. The third-order valence-electron chi connectivity index (χ3n) is 3.25. The molecule has 0 bridgehead atoms. The van der Waals surface area contributed by atoms with E-state index in [1.54, 1.807) is 0 Å². The molecule has 23 heavy (non-hydrogen) atoms. The van der Waals surface area contributed by atoms with Crippen LogP contribution in [-0.2, 0) is 0 Å². The number of aliphatic hydroxyl groups excluding tert-OH is 1. The number of benzene rings is 2. The average molecular weight is 331 g/mol. The van der Waals surface area contributed by atoms with Gasteiger partial charge in [0.2, 0.25) is 0 Å². The fourth-order valence-electron chi connectivity index (χ4n) is 1.94. The Hall–Kier alpha value is -2.51. The molecule has 120 valence electrons. The molecule has 2 aromatic rings. The van der Waals surface area contributed by atoms with Gasteiger partial charge in [-0.05, 0) is 49.0 Å². The summed E-state index contributed by atoms with van der Waals surface area (Å²) in [6.45, 7) is 2.20. The number of non-ortho nitro benzene ring substituents is 1. The summed E-state index contributed by atoms with van der Waals surface area (Å²) in [5, 5.41) is 27.0. The van der Waals surface area contributed by atoms with E-state index in [0.717, 1.165) is 11.3 Å². The van der Waals surface area contributed by atoms with E-state index in [4.69, 9.17) is 12.2 Å². The second-order valence-corrected chi connectivity index (χ2v) is 5.47. The van der Waals surface area contributed by atoms with Crippen molar-refractivity contribution < 1.29 is 10.0 Å². The number of aliphatic hydroxyl groups is 1. The molecule has 7 heteroatoms. The van der Waals surface area contributed by atoms with E-state index in [1.165, 1.54) is 24.3 Å². The molecule has 0 aliphatic carbocycles. The monoisotopic (exact) mass is 331 g/mol. The van der Waals surface area contributed by atoms with Crippen LogP contribution in [0.5, 0.6) is 0 Å². The van der Waals surface area contributed by atoms with Crippen LogP contribution >= 0.6 is 12.2 Å². The summed E-state index contributed by atoms with van der Waals surface area (Å²) >= 11 is 5.17. The first kappa shape index (κ1) is 16.9. The van der Waals surface area contributed by atoms with Crippen molar-refractivity contribution in [2.75, 3.05) is 11.9 Å². The van der Waals surface area contributed by atoms with Crippen molar-refractivity contribution in [3.8, 4) is 0 Å². The minimum absolute atomic E-state index is 0.00883. The summed E-state index contributed by atoms with van der Waals surface area (Å²) in [6.07, 6.45) is -0.812. The number of aryl methyl sites for hydroxylation is 1. The Kier molecular flexibility index (Phi) is 5.61. The number of thiocarbonyl (C=S) groups is 1. The Balaban J connectivity index is 1.85. The number of nitrogens with one attached hydrogen (secondary N) is 2. The third-order valence-corrected chi connectivity index (χ3v) is 3.50. The maximum absolute atomic E-state index is 10.6. The molecule has 0 fully saturated rings. The lowest BCUT2D eigenvalue weighted by Crippen LogP contribution is -2.32. The number of nitro groups is 1. The first-order chi connectivity index (χ1) is 11.0. The van der Waals surface area contributed by atoms with Crippen molar-refractivity contribution in [2.45, 2.75) is 13.0 Å². The Bertz CT molecular complexity index is 687. The SMILES string of the molecule is Cc1ccc(NC(=S)NCC(O)c2ccc([N+](=O)[O-])cc2)cc1. The second kappa shape index (κ2) is 7.66. The second-order valence-electron chi connectivity index (χ2n) is 5.07. The summed E-state index contributed by atoms with van der Waals surface area (Å²) in [6, 6.07) is 13.5. The van der Waals surface area contributed by atoms with Gasteiger partial charge in [-0.25, -0.2) is 0 Å². The average Bonchev–Trinajstić information content (AvgIpc) is 2.55. The van der Waals surface area contributed by atoms with Gasteiger partial charge in [0.25, 0.3) is 5.69 Å². The lowest BCUT2D eigenvalue weighted by Gasteiger charge is -2.15. The molecule has 2 aromatic carbocycles. The van der Waals surface area contributed by atoms with Gasteiger partial charge in [0.05, 0.1) is 11.0 Å². The molecule has 0 saturated heterocycles. The molecule has 0 spiro atoms. The van der Waals surface area contributed by atoms with E-state index >= 15 is 0 Å². The zero-order valence-electron chi connectivity index (χ0n) is 12.5. The van der Waals surface area contributed by atoms with Crippen LogP contribution in [0.3, 0.4) is 0 Å². The molecular formula is C16H17N3O3S. The Morgan fingerprint density at radius 2 is 1.83 bits per heavy atom. The maximum atomic E-state index is 10.6. The van der Waals surface area contributed by atoms with Gasteiger partial charge in [0.1, 0.15) is 0 Å². The van der Waals surface area contributed by atoms with E-state index in [9.17, 15) is 15.2 Å². The summed E-state index contributed by atoms with van der Waals surface area (Å²) in [5.41, 5.74) is 2.59. The predicted molar refractivity (Wildman–Crippen MR) is 93.5 cm³/mol. The molecular weight excluding hydrogens is 314 g/mol. The minimum Gasteiger partial charge on any atom is -0.387 e.